The van der Waals surface area contributed by atoms with E-state index in [1.165, 1.54) is 0 Å². The summed E-state index contributed by atoms with van der Waals surface area (Å²) in [5.41, 5.74) is 5.76. The Balaban J connectivity index is 2.01. The third kappa shape index (κ3) is 3.39. The van der Waals surface area contributed by atoms with Gasteiger partial charge in [-0.15, -0.1) is 0 Å². The number of hydrogen-bond acceptors (Lipinski definition) is 3. The summed E-state index contributed by atoms with van der Waals surface area (Å²) < 4.78 is 38.3. The van der Waals surface area contributed by atoms with Crippen molar-refractivity contribution < 1.29 is 13.2 Å². The molecule has 1 saturated heterocycles. The van der Waals surface area contributed by atoms with E-state index in [4.69, 9.17) is 5.73 Å². The predicted molar refractivity (Wildman–Crippen MR) is 73.3 cm³/mol. The SMILES string of the molecule is CC1CN(C2(CN)CCC(C(F)(F)F)CC2)CCS1. The first-order chi connectivity index (χ1) is 8.87. The van der Waals surface area contributed by atoms with E-state index in [-0.39, 0.29) is 18.4 Å². The average molecular weight is 296 g/mol. The summed E-state index contributed by atoms with van der Waals surface area (Å²) in [5, 5.41) is 0.553. The van der Waals surface area contributed by atoms with Gasteiger partial charge in [0.1, 0.15) is 0 Å². The van der Waals surface area contributed by atoms with Gasteiger partial charge < -0.3 is 5.73 Å². The quantitative estimate of drug-likeness (QED) is 0.849. The number of alkyl halides is 3. The topological polar surface area (TPSA) is 29.3 Å². The van der Waals surface area contributed by atoms with Gasteiger partial charge in [0.2, 0.25) is 0 Å². The van der Waals surface area contributed by atoms with Crippen molar-refractivity contribution in [1.82, 2.24) is 4.90 Å². The summed E-state index contributed by atoms with van der Waals surface area (Å²) in [7, 11) is 0. The Morgan fingerprint density at radius 2 is 1.95 bits per heavy atom. The molecule has 1 saturated carbocycles. The molecule has 0 aromatic carbocycles. The molecule has 2 rings (SSSR count). The van der Waals surface area contributed by atoms with E-state index in [0.717, 1.165) is 18.8 Å². The van der Waals surface area contributed by atoms with Crippen molar-refractivity contribution in [1.29, 1.82) is 0 Å². The number of thioether (sulfide) groups is 1. The van der Waals surface area contributed by atoms with Crippen LogP contribution in [-0.2, 0) is 0 Å². The summed E-state index contributed by atoms with van der Waals surface area (Å²) in [6, 6.07) is 0. The fraction of sp³-hybridized carbons (Fsp3) is 1.00. The van der Waals surface area contributed by atoms with E-state index in [1.807, 2.05) is 11.8 Å². The molecular formula is C13H23F3N2S. The lowest BCUT2D eigenvalue weighted by atomic mass is 9.75. The van der Waals surface area contributed by atoms with Gasteiger partial charge in [0.25, 0.3) is 0 Å². The number of nitrogens with two attached hydrogens (primary N) is 1. The highest BCUT2D eigenvalue weighted by molar-refractivity contribution is 7.99. The van der Waals surface area contributed by atoms with Crippen molar-refractivity contribution in [2.24, 2.45) is 11.7 Å². The van der Waals surface area contributed by atoms with Crippen molar-refractivity contribution >= 4 is 11.8 Å². The second kappa shape index (κ2) is 5.82. The van der Waals surface area contributed by atoms with Crippen molar-refractivity contribution in [2.45, 2.75) is 49.6 Å². The summed E-state index contributed by atoms with van der Waals surface area (Å²) in [6.45, 7) is 4.58. The molecule has 19 heavy (non-hydrogen) atoms. The predicted octanol–water partition coefficient (Wildman–Crippen LogP) is 2.87. The van der Waals surface area contributed by atoms with Gasteiger partial charge in [0.15, 0.2) is 0 Å². The monoisotopic (exact) mass is 296 g/mol. The Labute approximate surface area is 117 Å². The molecule has 0 bridgehead atoms. The molecule has 0 spiro atoms. The molecule has 1 heterocycles. The van der Waals surface area contributed by atoms with Crippen LogP contribution in [0.5, 0.6) is 0 Å². The van der Waals surface area contributed by atoms with E-state index in [1.54, 1.807) is 0 Å². The van der Waals surface area contributed by atoms with Gasteiger partial charge >= 0.3 is 6.18 Å². The van der Waals surface area contributed by atoms with Crippen LogP contribution in [0.15, 0.2) is 0 Å². The van der Waals surface area contributed by atoms with E-state index < -0.39 is 12.1 Å². The summed E-state index contributed by atoms with van der Waals surface area (Å²) in [6.07, 6.45) is -2.39. The van der Waals surface area contributed by atoms with Crippen molar-refractivity contribution in [2.75, 3.05) is 25.4 Å². The average Bonchev–Trinajstić information content (AvgIpc) is 2.38. The molecule has 1 unspecified atom stereocenters. The van der Waals surface area contributed by atoms with Gasteiger partial charge in [-0.3, -0.25) is 4.90 Å². The van der Waals surface area contributed by atoms with Crippen LogP contribution in [0.4, 0.5) is 13.2 Å². The summed E-state index contributed by atoms with van der Waals surface area (Å²) in [4.78, 5) is 2.36. The molecule has 2 nitrogen and oxygen atoms in total. The number of rotatable bonds is 2. The van der Waals surface area contributed by atoms with E-state index in [2.05, 4.69) is 11.8 Å². The normalized spacial score (nSPS) is 38.4. The van der Waals surface area contributed by atoms with Crippen LogP contribution in [-0.4, -0.2) is 47.3 Å². The minimum atomic E-state index is -4.04. The summed E-state index contributed by atoms with van der Waals surface area (Å²) >= 11 is 1.94. The van der Waals surface area contributed by atoms with Crippen molar-refractivity contribution in [3.8, 4) is 0 Å². The molecule has 0 aromatic heterocycles. The zero-order valence-electron chi connectivity index (χ0n) is 11.4. The first-order valence-electron chi connectivity index (χ1n) is 7.01. The standard InChI is InChI=1S/C13H23F3N2S/c1-10-8-18(6-7-19-10)12(9-17)4-2-11(3-5-12)13(14,15)16/h10-11H,2-9,17H2,1H3. The zero-order valence-corrected chi connectivity index (χ0v) is 12.2. The van der Waals surface area contributed by atoms with Crippen LogP contribution >= 0.6 is 11.8 Å². The fourth-order valence-corrected chi connectivity index (χ4v) is 4.39. The van der Waals surface area contributed by atoms with Crippen LogP contribution in [0.1, 0.15) is 32.6 Å². The fourth-order valence-electron chi connectivity index (χ4n) is 3.38. The minimum Gasteiger partial charge on any atom is -0.329 e. The first-order valence-corrected chi connectivity index (χ1v) is 8.06. The van der Waals surface area contributed by atoms with E-state index in [0.29, 0.717) is 24.6 Å². The zero-order chi connectivity index (χ0) is 14.1. The molecule has 0 radical (unpaired) electrons. The molecule has 2 aliphatic rings. The highest BCUT2D eigenvalue weighted by atomic mass is 32.2. The lowest BCUT2D eigenvalue weighted by molar-refractivity contribution is -0.188. The Kier molecular flexibility index (Phi) is 4.73. The molecule has 1 aliphatic heterocycles. The Morgan fingerprint density at radius 1 is 1.32 bits per heavy atom. The molecule has 112 valence electrons. The minimum absolute atomic E-state index is 0.184. The molecule has 1 atom stereocenters. The maximum atomic E-state index is 12.8. The highest BCUT2D eigenvalue weighted by Crippen LogP contribution is 2.43. The third-order valence-corrected chi connectivity index (χ3v) is 5.81. The second-order valence-corrected chi connectivity index (χ2v) is 7.42. The smallest absolute Gasteiger partial charge is 0.329 e. The lowest BCUT2D eigenvalue weighted by Gasteiger charge is -2.50. The third-order valence-electron chi connectivity index (χ3n) is 4.67. The van der Waals surface area contributed by atoms with Gasteiger partial charge in [-0.2, -0.15) is 24.9 Å². The molecule has 6 heteroatoms. The van der Waals surface area contributed by atoms with E-state index >= 15 is 0 Å². The molecule has 0 amide bonds. The number of hydrogen-bond donors (Lipinski definition) is 1. The van der Waals surface area contributed by atoms with Gasteiger partial charge in [-0.05, 0) is 25.7 Å². The molecule has 0 aromatic rings. The Morgan fingerprint density at radius 3 is 2.42 bits per heavy atom. The van der Waals surface area contributed by atoms with Crippen molar-refractivity contribution in [3.63, 3.8) is 0 Å². The molecule has 2 N–H and O–H groups in total. The molecule has 2 fully saturated rings. The Hall–Kier alpha value is 0.0600. The van der Waals surface area contributed by atoms with Gasteiger partial charge in [0, 0.05) is 36.2 Å². The second-order valence-electron chi connectivity index (χ2n) is 5.87. The molecule has 1 aliphatic carbocycles. The maximum absolute atomic E-state index is 12.8. The molecular weight excluding hydrogens is 273 g/mol. The lowest BCUT2D eigenvalue weighted by Crippen LogP contribution is -2.59. The van der Waals surface area contributed by atoms with Gasteiger partial charge in [0.05, 0.1) is 5.92 Å². The van der Waals surface area contributed by atoms with Crippen LogP contribution in [0.3, 0.4) is 0 Å². The maximum Gasteiger partial charge on any atom is 0.391 e. The van der Waals surface area contributed by atoms with Crippen LogP contribution in [0.2, 0.25) is 0 Å². The van der Waals surface area contributed by atoms with Crippen LogP contribution < -0.4 is 5.73 Å². The first kappa shape index (κ1) is 15.4. The van der Waals surface area contributed by atoms with Gasteiger partial charge in [-0.25, -0.2) is 0 Å². The largest absolute Gasteiger partial charge is 0.391 e. The number of nitrogens with zero attached hydrogens (tertiary/aromatic N) is 1. The summed E-state index contributed by atoms with van der Waals surface area (Å²) in [5.74, 6) is -0.0604. The van der Waals surface area contributed by atoms with E-state index in [9.17, 15) is 13.2 Å². The van der Waals surface area contributed by atoms with Crippen molar-refractivity contribution in [3.05, 3.63) is 0 Å². The van der Waals surface area contributed by atoms with Crippen LogP contribution in [0.25, 0.3) is 0 Å². The number of halogens is 3. The van der Waals surface area contributed by atoms with Crippen LogP contribution in [0, 0.1) is 5.92 Å². The Bertz CT molecular complexity index is 301. The highest BCUT2D eigenvalue weighted by Gasteiger charge is 2.47. The van der Waals surface area contributed by atoms with Gasteiger partial charge in [-0.1, -0.05) is 6.92 Å².